The Hall–Kier alpha value is -1.26. The second kappa shape index (κ2) is 10.0. The first kappa shape index (κ1) is 18.5. The molecule has 7 nitrogen and oxygen atoms in total. The molecule has 3 rings (SSSR count). The smallest absolute Gasteiger partial charge is 0.187 e. The number of thiophene rings is 1. The Labute approximate surface area is 158 Å². The van der Waals surface area contributed by atoms with Gasteiger partial charge in [0, 0.05) is 44.1 Å². The van der Waals surface area contributed by atoms with Crippen LogP contribution in [0.1, 0.15) is 4.88 Å². The van der Waals surface area contributed by atoms with Crippen molar-refractivity contribution >= 4 is 39.9 Å². The lowest BCUT2D eigenvalue weighted by molar-refractivity contribution is 0.0389. The van der Waals surface area contributed by atoms with Crippen LogP contribution in [0.4, 0.5) is 5.00 Å². The van der Waals surface area contributed by atoms with E-state index in [9.17, 15) is 0 Å². The van der Waals surface area contributed by atoms with Gasteiger partial charge in [-0.1, -0.05) is 0 Å². The van der Waals surface area contributed by atoms with Crippen molar-refractivity contribution in [3.63, 3.8) is 0 Å². The third kappa shape index (κ3) is 6.19. The molecule has 0 amide bonds. The summed E-state index contributed by atoms with van der Waals surface area (Å²) in [6, 6.07) is 4.21. The molecule has 138 valence electrons. The first-order chi connectivity index (χ1) is 12.3. The first-order valence-electron chi connectivity index (χ1n) is 8.61. The zero-order valence-corrected chi connectivity index (χ0v) is 15.9. The molecule has 0 radical (unpaired) electrons. The van der Waals surface area contributed by atoms with E-state index in [1.165, 1.54) is 5.00 Å². The first-order valence-corrected chi connectivity index (χ1v) is 9.83. The molecule has 2 fully saturated rings. The third-order valence-electron chi connectivity index (χ3n) is 4.11. The van der Waals surface area contributed by atoms with Crippen molar-refractivity contribution in [3.8, 4) is 0 Å². The van der Waals surface area contributed by atoms with Crippen molar-refractivity contribution in [3.05, 3.63) is 17.0 Å². The fourth-order valence-corrected chi connectivity index (χ4v) is 3.80. The summed E-state index contributed by atoms with van der Waals surface area (Å²) in [5.74, 6) is 0. The molecule has 0 bridgehead atoms. The van der Waals surface area contributed by atoms with Gasteiger partial charge in [-0.2, -0.15) is 5.10 Å². The maximum absolute atomic E-state index is 5.39. The van der Waals surface area contributed by atoms with Gasteiger partial charge in [0.1, 0.15) is 0 Å². The summed E-state index contributed by atoms with van der Waals surface area (Å²) in [5, 5.41) is 9.21. The molecule has 2 saturated heterocycles. The minimum Gasteiger partial charge on any atom is -0.379 e. The highest BCUT2D eigenvalue weighted by molar-refractivity contribution is 7.80. The van der Waals surface area contributed by atoms with Crippen molar-refractivity contribution in [1.82, 2.24) is 15.6 Å². The number of hydrogen-bond donors (Lipinski definition) is 2. The van der Waals surface area contributed by atoms with Gasteiger partial charge in [-0.25, -0.2) is 0 Å². The van der Waals surface area contributed by atoms with E-state index in [-0.39, 0.29) is 0 Å². The number of anilines is 1. The molecule has 2 aliphatic heterocycles. The van der Waals surface area contributed by atoms with Crippen LogP contribution in [0.5, 0.6) is 0 Å². The molecule has 9 heteroatoms. The molecule has 0 saturated carbocycles. The molecule has 2 N–H and O–H groups in total. The SMILES string of the molecule is S=C(NCCN1CCOCC1)N/N=C\c1ccc(N2CCOCC2)s1. The van der Waals surface area contributed by atoms with E-state index >= 15 is 0 Å². The van der Waals surface area contributed by atoms with E-state index in [1.807, 2.05) is 6.21 Å². The maximum atomic E-state index is 5.39. The fraction of sp³-hybridized carbons (Fsp3) is 0.625. The van der Waals surface area contributed by atoms with E-state index in [0.29, 0.717) is 5.11 Å². The highest BCUT2D eigenvalue weighted by Gasteiger charge is 2.12. The third-order valence-corrected chi connectivity index (χ3v) is 5.43. The van der Waals surface area contributed by atoms with Crippen LogP contribution in [0, 0.1) is 0 Å². The van der Waals surface area contributed by atoms with Gasteiger partial charge in [-0.3, -0.25) is 10.3 Å². The topological polar surface area (TPSA) is 61.4 Å². The van der Waals surface area contributed by atoms with Gasteiger partial charge in [-0.05, 0) is 24.4 Å². The number of hydrazone groups is 1. The summed E-state index contributed by atoms with van der Waals surface area (Å²) >= 11 is 6.97. The molecule has 1 aromatic rings. The Morgan fingerprint density at radius 1 is 1.16 bits per heavy atom. The average Bonchev–Trinajstić information content (AvgIpc) is 3.12. The zero-order valence-electron chi connectivity index (χ0n) is 14.3. The predicted octanol–water partition coefficient (Wildman–Crippen LogP) is 0.715. The number of ether oxygens (including phenoxy) is 2. The van der Waals surface area contributed by atoms with Crippen LogP contribution in [0.15, 0.2) is 17.2 Å². The van der Waals surface area contributed by atoms with Gasteiger partial charge in [0.15, 0.2) is 5.11 Å². The Bertz CT molecular complexity index is 569. The molecular weight excluding hydrogens is 358 g/mol. The van der Waals surface area contributed by atoms with Crippen molar-refractivity contribution in [1.29, 1.82) is 0 Å². The number of hydrogen-bond acceptors (Lipinski definition) is 7. The van der Waals surface area contributed by atoms with Crippen LogP contribution in [0.2, 0.25) is 0 Å². The quantitative estimate of drug-likeness (QED) is 0.426. The van der Waals surface area contributed by atoms with Crippen molar-refractivity contribution < 1.29 is 9.47 Å². The van der Waals surface area contributed by atoms with Crippen LogP contribution < -0.4 is 15.6 Å². The van der Waals surface area contributed by atoms with Gasteiger partial charge in [0.25, 0.3) is 0 Å². The second-order valence-corrected chi connectivity index (χ2v) is 7.36. The molecule has 0 aromatic carbocycles. The molecule has 25 heavy (non-hydrogen) atoms. The number of thiocarbonyl (C=S) groups is 1. The lowest BCUT2D eigenvalue weighted by Gasteiger charge is -2.27. The van der Waals surface area contributed by atoms with E-state index in [0.717, 1.165) is 70.6 Å². The zero-order chi connectivity index (χ0) is 17.3. The summed E-state index contributed by atoms with van der Waals surface area (Å²) in [5.41, 5.74) is 2.88. The summed E-state index contributed by atoms with van der Waals surface area (Å²) < 4.78 is 10.7. The summed E-state index contributed by atoms with van der Waals surface area (Å²) in [4.78, 5) is 5.81. The minimum absolute atomic E-state index is 0.550. The van der Waals surface area contributed by atoms with Crippen LogP contribution in [-0.4, -0.2) is 81.9 Å². The van der Waals surface area contributed by atoms with Gasteiger partial charge >= 0.3 is 0 Å². The lowest BCUT2D eigenvalue weighted by atomic mass is 10.4. The fourth-order valence-electron chi connectivity index (χ4n) is 2.71. The molecule has 2 aliphatic rings. The average molecular weight is 384 g/mol. The van der Waals surface area contributed by atoms with Crippen LogP contribution >= 0.6 is 23.6 Å². The summed E-state index contributed by atoms with van der Waals surface area (Å²) in [7, 11) is 0. The van der Waals surface area contributed by atoms with Crippen molar-refractivity contribution in [2.75, 3.05) is 70.6 Å². The van der Waals surface area contributed by atoms with Crippen molar-refractivity contribution in [2.45, 2.75) is 0 Å². The number of nitrogens with zero attached hydrogens (tertiary/aromatic N) is 3. The maximum Gasteiger partial charge on any atom is 0.187 e. The van der Waals surface area contributed by atoms with E-state index < -0.39 is 0 Å². The molecule has 0 unspecified atom stereocenters. The second-order valence-electron chi connectivity index (χ2n) is 5.86. The van der Waals surface area contributed by atoms with Crippen LogP contribution in [0.3, 0.4) is 0 Å². The minimum atomic E-state index is 0.550. The number of nitrogens with one attached hydrogen (secondary N) is 2. The van der Waals surface area contributed by atoms with E-state index in [1.54, 1.807) is 11.3 Å². The van der Waals surface area contributed by atoms with Gasteiger partial charge < -0.3 is 19.7 Å². The predicted molar refractivity (Wildman–Crippen MR) is 106 cm³/mol. The number of morpholine rings is 2. The van der Waals surface area contributed by atoms with Crippen molar-refractivity contribution in [2.24, 2.45) is 5.10 Å². The Balaban J connectivity index is 1.34. The Kier molecular flexibility index (Phi) is 7.43. The Morgan fingerprint density at radius 3 is 2.64 bits per heavy atom. The molecule has 3 heterocycles. The normalized spacial score (nSPS) is 19.3. The largest absolute Gasteiger partial charge is 0.379 e. The van der Waals surface area contributed by atoms with E-state index in [4.69, 9.17) is 21.7 Å². The monoisotopic (exact) mass is 383 g/mol. The van der Waals surface area contributed by atoms with Crippen LogP contribution in [0.25, 0.3) is 0 Å². The lowest BCUT2D eigenvalue weighted by Crippen LogP contribution is -2.42. The molecule has 1 aromatic heterocycles. The van der Waals surface area contributed by atoms with Gasteiger partial charge in [-0.15, -0.1) is 11.3 Å². The van der Waals surface area contributed by atoms with Crippen LogP contribution in [-0.2, 0) is 9.47 Å². The highest BCUT2D eigenvalue weighted by atomic mass is 32.1. The van der Waals surface area contributed by atoms with E-state index in [2.05, 4.69) is 37.8 Å². The summed E-state index contributed by atoms with van der Waals surface area (Å²) in [6.07, 6.45) is 1.81. The van der Waals surface area contributed by atoms with Gasteiger partial charge in [0.2, 0.25) is 0 Å². The standard InChI is InChI=1S/C16H25N5O2S2/c24-16(17-3-4-20-5-9-22-10-6-20)19-18-13-14-1-2-15(25-14)21-7-11-23-12-8-21/h1-2,13H,3-12H2,(H2,17,19,24)/b18-13-. The highest BCUT2D eigenvalue weighted by Crippen LogP contribution is 2.25. The van der Waals surface area contributed by atoms with Gasteiger partial charge in [0.05, 0.1) is 37.6 Å². The molecule has 0 atom stereocenters. The Morgan fingerprint density at radius 2 is 1.88 bits per heavy atom. The molecule has 0 spiro atoms. The molecular formula is C16H25N5O2S2. The summed E-state index contributed by atoms with van der Waals surface area (Å²) in [6.45, 7) is 8.89. The number of rotatable bonds is 6. The molecule has 0 aliphatic carbocycles.